The summed E-state index contributed by atoms with van der Waals surface area (Å²) in [6.07, 6.45) is 0. The van der Waals surface area contributed by atoms with Crippen LogP contribution in [-0.2, 0) is 0 Å². The van der Waals surface area contributed by atoms with Crippen LogP contribution in [0.25, 0.3) is 0 Å². The third kappa shape index (κ3) is 2.54. The summed E-state index contributed by atoms with van der Waals surface area (Å²) >= 11 is 3.53. The fraction of sp³-hybridized carbons (Fsp3) is 0.200. The maximum Gasteiger partial charge on any atom is 0.163 e. The number of anilines is 3. The Labute approximate surface area is 126 Å². The predicted molar refractivity (Wildman–Crippen MR) is 84.0 cm³/mol. The van der Waals surface area contributed by atoms with Crippen LogP contribution < -0.4 is 20.5 Å². The van der Waals surface area contributed by atoms with Gasteiger partial charge >= 0.3 is 0 Å². The number of fused-ring (bicyclic) bond motifs is 1. The third-order valence-corrected chi connectivity index (χ3v) is 3.80. The van der Waals surface area contributed by atoms with E-state index in [0.29, 0.717) is 24.7 Å². The summed E-state index contributed by atoms with van der Waals surface area (Å²) in [7, 11) is 0. The van der Waals surface area contributed by atoms with E-state index in [1.54, 1.807) is 6.07 Å². The average molecular weight is 335 g/mol. The summed E-state index contributed by atoms with van der Waals surface area (Å²) in [5.74, 6) is 1.42. The molecule has 104 valence electrons. The van der Waals surface area contributed by atoms with Crippen molar-refractivity contribution >= 4 is 33.0 Å². The smallest absolute Gasteiger partial charge is 0.163 e. The van der Waals surface area contributed by atoms with Crippen molar-refractivity contribution in [2.75, 3.05) is 24.3 Å². The SMILES string of the molecule is Cc1ccc(Br)c(Nc2cc3c(cc2N)OCCO3)c1. The molecule has 5 heteroatoms. The molecular formula is C15H15BrN2O2. The van der Waals surface area contributed by atoms with Crippen LogP contribution in [0.4, 0.5) is 17.1 Å². The second kappa shape index (κ2) is 5.25. The molecular weight excluding hydrogens is 320 g/mol. The van der Waals surface area contributed by atoms with Crippen molar-refractivity contribution in [3.05, 3.63) is 40.4 Å². The Kier molecular flexibility index (Phi) is 3.44. The van der Waals surface area contributed by atoms with Crippen LogP contribution in [0.3, 0.4) is 0 Å². The quantitative estimate of drug-likeness (QED) is 0.819. The Balaban J connectivity index is 1.96. The fourth-order valence-electron chi connectivity index (χ4n) is 2.09. The number of benzene rings is 2. The Morgan fingerprint density at radius 2 is 1.75 bits per heavy atom. The molecule has 0 aromatic heterocycles. The first-order valence-corrected chi connectivity index (χ1v) is 7.15. The first-order chi connectivity index (χ1) is 9.63. The van der Waals surface area contributed by atoms with Gasteiger partial charge in [0.1, 0.15) is 13.2 Å². The van der Waals surface area contributed by atoms with E-state index >= 15 is 0 Å². The van der Waals surface area contributed by atoms with E-state index in [1.165, 1.54) is 5.56 Å². The number of halogens is 1. The lowest BCUT2D eigenvalue weighted by Gasteiger charge is -2.21. The van der Waals surface area contributed by atoms with Crippen LogP contribution >= 0.6 is 15.9 Å². The third-order valence-electron chi connectivity index (χ3n) is 3.11. The second-order valence-electron chi connectivity index (χ2n) is 4.69. The number of nitrogen functional groups attached to an aromatic ring is 1. The molecule has 20 heavy (non-hydrogen) atoms. The largest absolute Gasteiger partial charge is 0.486 e. The van der Waals surface area contributed by atoms with Gasteiger partial charge in [0.15, 0.2) is 11.5 Å². The van der Waals surface area contributed by atoms with E-state index in [2.05, 4.69) is 27.3 Å². The number of nitrogens with one attached hydrogen (secondary N) is 1. The maximum atomic E-state index is 6.07. The van der Waals surface area contributed by atoms with E-state index in [0.717, 1.165) is 21.6 Å². The van der Waals surface area contributed by atoms with Gasteiger partial charge in [-0.25, -0.2) is 0 Å². The zero-order valence-electron chi connectivity index (χ0n) is 11.1. The number of hydrogen-bond donors (Lipinski definition) is 2. The van der Waals surface area contributed by atoms with Crippen LogP contribution in [0.5, 0.6) is 11.5 Å². The molecule has 0 saturated carbocycles. The summed E-state index contributed by atoms with van der Waals surface area (Å²) in [6, 6.07) is 9.77. The molecule has 1 aliphatic rings. The van der Waals surface area contributed by atoms with Gasteiger partial charge in [0.2, 0.25) is 0 Å². The molecule has 0 aliphatic carbocycles. The predicted octanol–water partition coefficient (Wildman–Crippen LogP) is 3.85. The van der Waals surface area contributed by atoms with Gasteiger partial charge in [-0.15, -0.1) is 0 Å². The van der Waals surface area contributed by atoms with Gasteiger partial charge in [-0.3, -0.25) is 0 Å². The molecule has 0 radical (unpaired) electrons. The maximum absolute atomic E-state index is 6.07. The van der Waals surface area contributed by atoms with E-state index in [9.17, 15) is 0 Å². The zero-order valence-corrected chi connectivity index (χ0v) is 12.7. The Morgan fingerprint density at radius 1 is 1.05 bits per heavy atom. The van der Waals surface area contributed by atoms with Crippen molar-refractivity contribution in [2.24, 2.45) is 0 Å². The zero-order chi connectivity index (χ0) is 14.1. The Bertz CT molecular complexity index is 659. The van der Waals surface area contributed by atoms with Crippen molar-refractivity contribution in [1.82, 2.24) is 0 Å². The Hall–Kier alpha value is -1.88. The normalized spacial score (nSPS) is 13.1. The molecule has 0 unspecified atom stereocenters. The molecule has 1 heterocycles. The van der Waals surface area contributed by atoms with Crippen LogP contribution in [0.15, 0.2) is 34.8 Å². The van der Waals surface area contributed by atoms with Crippen LogP contribution in [0, 0.1) is 6.92 Å². The summed E-state index contributed by atoms with van der Waals surface area (Å²) in [5, 5.41) is 3.32. The van der Waals surface area contributed by atoms with E-state index in [-0.39, 0.29) is 0 Å². The monoisotopic (exact) mass is 334 g/mol. The minimum atomic E-state index is 0.558. The second-order valence-corrected chi connectivity index (χ2v) is 5.55. The standard InChI is InChI=1S/C15H15BrN2O2/c1-9-2-3-10(16)12(6-9)18-13-8-15-14(7-11(13)17)19-4-5-20-15/h2-3,6-8,18H,4-5,17H2,1H3. The van der Waals surface area contributed by atoms with Crippen molar-refractivity contribution in [3.63, 3.8) is 0 Å². The van der Waals surface area contributed by atoms with Gasteiger partial charge in [0.05, 0.1) is 17.1 Å². The van der Waals surface area contributed by atoms with Crippen LogP contribution in [0.1, 0.15) is 5.56 Å². The van der Waals surface area contributed by atoms with E-state index in [1.807, 2.05) is 25.1 Å². The molecule has 2 aromatic rings. The van der Waals surface area contributed by atoms with Gasteiger partial charge in [-0.2, -0.15) is 0 Å². The molecule has 0 amide bonds. The first-order valence-electron chi connectivity index (χ1n) is 6.36. The summed E-state index contributed by atoms with van der Waals surface area (Å²) in [6.45, 7) is 3.16. The van der Waals surface area contributed by atoms with Gasteiger partial charge in [0, 0.05) is 16.6 Å². The summed E-state index contributed by atoms with van der Waals surface area (Å²) < 4.78 is 12.1. The lowest BCUT2D eigenvalue weighted by molar-refractivity contribution is 0.172. The van der Waals surface area contributed by atoms with Gasteiger partial charge in [-0.1, -0.05) is 6.07 Å². The first kappa shape index (κ1) is 13.1. The highest BCUT2D eigenvalue weighted by molar-refractivity contribution is 9.10. The highest BCUT2D eigenvalue weighted by Gasteiger charge is 2.15. The van der Waals surface area contributed by atoms with Gasteiger partial charge in [-0.05, 0) is 40.5 Å². The minimum absolute atomic E-state index is 0.558. The van der Waals surface area contributed by atoms with Crippen molar-refractivity contribution < 1.29 is 9.47 Å². The molecule has 0 fully saturated rings. The lowest BCUT2D eigenvalue weighted by atomic mass is 10.2. The van der Waals surface area contributed by atoms with E-state index in [4.69, 9.17) is 15.2 Å². The fourth-order valence-corrected chi connectivity index (χ4v) is 2.44. The Morgan fingerprint density at radius 3 is 2.50 bits per heavy atom. The van der Waals surface area contributed by atoms with Gasteiger partial charge in [0.25, 0.3) is 0 Å². The topological polar surface area (TPSA) is 56.5 Å². The van der Waals surface area contributed by atoms with Crippen LogP contribution in [-0.4, -0.2) is 13.2 Å². The summed E-state index contributed by atoms with van der Waals surface area (Å²) in [5.41, 5.74) is 9.64. The molecule has 4 nitrogen and oxygen atoms in total. The number of rotatable bonds is 2. The molecule has 3 N–H and O–H groups in total. The number of aryl methyl sites for hydroxylation is 1. The van der Waals surface area contributed by atoms with Crippen molar-refractivity contribution in [2.45, 2.75) is 6.92 Å². The average Bonchev–Trinajstić information content (AvgIpc) is 2.43. The highest BCUT2D eigenvalue weighted by atomic mass is 79.9. The van der Waals surface area contributed by atoms with Crippen molar-refractivity contribution in [3.8, 4) is 11.5 Å². The number of nitrogens with two attached hydrogens (primary N) is 1. The molecule has 0 bridgehead atoms. The summed E-state index contributed by atoms with van der Waals surface area (Å²) in [4.78, 5) is 0. The van der Waals surface area contributed by atoms with Gasteiger partial charge < -0.3 is 20.5 Å². The van der Waals surface area contributed by atoms with Crippen LogP contribution in [0.2, 0.25) is 0 Å². The number of hydrogen-bond acceptors (Lipinski definition) is 4. The molecule has 2 aromatic carbocycles. The lowest BCUT2D eigenvalue weighted by Crippen LogP contribution is -2.15. The molecule has 0 atom stereocenters. The molecule has 1 aliphatic heterocycles. The highest BCUT2D eigenvalue weighted by Crippen LogP contribution is 2.39. The molecule has 3 rings (SSSR count). The number of ether oxygens (including phenoxy) is 2. The molecule has 0 saturated heterocycles. The van der Waals surface area contributed by atoms with E-state index < -0.39 is 0 Å². The molecule has 0 spiro atoms. The van der Waals surface area contributed by atoms with Crippen molar-refractivity contribution in [1.29, 1.82) is 0 Å². The minimum Gasteiger partial charge on any atom is -0.486 e.